The van der Waals surface area contributed by atoms with Gasteiger partial charge in [-0.3, -0.25) is 4.90 Å². The summed E-state index contributed by atoms with van der Waals surface area (Å²) in [5.41, 5.74) is 0.756. The third-order valence-corrected chi connectivity index (χ3v) is 4.40. The van der Waals surface area contributed by atoms with Gasteiger partial charge in [0.1, 0.15) is 11.6 Å². The van der Waals surface area contributed by atoms with Gasteiger partial charge in [0, 0.05) is 30.3 Å². The number of hydrogen-bond acceptors (Lipinski definition) is 3. The van der Waals surface area contributed by atoms with Crippen LogP contribution in [0.2, 0.25) is 0 Å². The van der Waals surface area contributed by atoms with Crippen molar-refractivity contribution in [1.82, 2.24) is 10.2 Å². The van der Waals surface area contributed by atoms with Crippen LogP contribution in [0.4, 0.5) is 4.39 Å². The number of benzene rings is 1. The van der Waals surface area contributed by atoms with Crippen LogP contribution in [0.1, 0.15) is 38.7 Å². The van der Waals surface area contributed by atoms with E-state index in [-0.39, 0.29) is 5.82 Å². The van der Waals surface area contributed by atoms with Crippen molar-refractivity contribution in [3.05, 3.63) is 29.6 Å². The fourth-order valence-corrected chi connectivity index (χ4v) is 3.24. The molecule has 2 atom stereocenters. The molecule has 1 heterocycles. The first-order valence-corrected chi connectivity index (χ1v) is 7.95. The topological polar surface area (TPSA) is 24.5 Å². The molecule has 0 saturated carbocycles. The van der Waals surface area contributed by atoms with Gasteiger partial charge in [-0.2, -0.15) is 0 Å². The minimum atomic E-state index is -0.172. The number of hydrogen-bond donors (Lipinski definition) is 1. The number of likely N-dealkylation sites (N-methyl/N-ethyl adjacent to an activating group) is 1. The van der Waals surface area contributed by atoms with Crippen LogP contribution in [0.3, 0.4) is 0 Å². The van der Waals surface area contributed by atoms with E-state index in [1.165, 1.54) is 25.3 Å². The van der Waals surface area contributed by atoms with Gasteiger partial charge in [0.15, 0.2) is 0 Å². The SMILES string of the molecule is CCNC(C)C1CCCCN1Cc1ccc(OC)cc1F. The molecule has 118 valence electrons. The highest BCUT2D eigenvalue weighted by molar-refractivity contribution is 5.29. The first-order chi connectivity index (χ1) is 10.2. The molecule has 0 spiro atoms. The number of ether oxygens (including phenoxy) is 1. The first kappa shape index (κ1) is 16.2. The molecule has 1 aromatic carbocycles. The van der Waals surface area contributed by atoms with E-state index in [9.17, 15) is 4.39 Å². The maximum atomic E-state index is 14.1. The Morgan fingerprint density at radius 2 is 2.24 bits per heavy atom. The number of nitrogens with one attached hydrogen (secondary N) is 1. The van der Waals surface area contributed by atoms with Crippen molar-refractivity contribution < 1.29 is 9.13 Å². The van der Waals surface area contributed by atoms with Gasteiger partial charge >= 0.3 is 0 Å². The van der Waals surface area contributed by atoms with Gasteiger partial charge in [-0.25, -0.2) is 4.39 Å². The summed E-state index contributed by atoms with van der Waals surface area (Å²) in [6.45, 7) is 7.06. The maximum absolute atomic E-state index is 14.1. The van der Waals surface area contributed by atoms with Crippen molar-refractivity contribution in [2.24, 2.45) is 0 Å². The third kappa shape index (κ3) is 4.17. The van der Waals surface area contributed by atoms with Gasteiger partial charge in [-0.1, -0.05) is 19.4 Å². The molecule has 0 aliphatic carbocycles. The fourth-order valence-electron chi connectivity index (χ4n) is 3.24. The van der Waals surface area contributed by atoms with Crippen LogP contribution in [0.25, 0.3) is 0 Å². The summed E-state index contributed by atoms with van der Waals surface area (Å²) < 4.78 is 19.2. The zero-order chi connectivity index (χ0) is 15.2. The Morgan fingerprint density at radius 1 is 1.43 bits per heavy atom. The fraction of sp³-hybridized carbons (Fsp3) is 0.647. The van der Waals surface area contributed by atoms with Crippen LogP contribution >= 0.6 is 0 Å². The lowest BCUT2D eigenvalue weighted by atomic mass is 9.95. The third-order valence-electron chi connectivity index (χ3n) is 4.40. The average molecular weight is 294 g/mol. The van der Waals surface area contributed by atoms with E-state index < -0.39 is 0 Å². The molecule has 0 radical (unpaired) electrons. The molecule has 0 amide bonds. The van der Waals surface area contributed by atoms with Gasteiger partial charge in [-0.05, 0) is 38.9 Å². The molecule has 1 fully saturated rings. The molecule has 1 N–H and O–H groups in total. The zero-order valence-electron chi connectivity index (χ0n) is 13.4. The van der Waals surface area contributed by atoms with Crippen molar-refractivity contribution in [2.45, 2.75) is 51.7 Å². The van der Waals surface area contributed by atoms with Crippen molar-refractivity contribution in [3.8, 4) is 5.75 Å². The van der Waals surface area contributed by atoms with Crippen LogP contribution in [0.5, 0.6) is 5.75 Å². The molecular weight excluding hydrogens is 267 g/mol. The second kappa shape index (κ2) is 7.76. The number of methoxy groups -OCH3 is 1. The van der Waals surface area contributed by atoms with Gasteiger partial charge in [-0.15, -0.1) is 0 Å². The zero-order valence-corrected chi connectivity index (χ0v) is 13.4. The number of halogens is 1. The summed E-state index contributed by atoms with van der Waals surface area (Å²) in [6, 6.07) is 6.09. The second-order valence-corrected chi connectivity index (χ2v) is 5.84. The molecule has 1 aliphatic heterocycles. The van der Waals surface area contributed by atoms with E-state index in [0.29, 0.717) is 24.4 Å². The van der Waals surface area contributed by atoms with Gasteiger partial charge < -0.3 is 10.1 Å². The van der Waals surface area contributed by atoms with Crippen molar-refractivity contribution >= 4 is 0 Å². The van der Waals surface area contributed by atoms with Crippen molar-refractivity contribution in [2.75, 3.05) is 20.2 Å². The van der Waals surface area contributed by atoms with E-state index in [1.807, 2.05) is 12.1 Å². The lowest BCUT2D eigenvalue weighted by molar-refractivity contribution is 0.111. The van der Waals surface area contributed by atoms with Crippen LogP contribution in [-0.2, 0) is 6.54 Å². The number of nitrogens with zero attached hydrogens (tertiary/aromatic N) is 1. The van der Waals surface area contributed by atoms with E-state index in [2.05, 4.69) is 24.1 Å². The Balaban J connectivity index is 2.08. The summed E-state index contributed by atoms with van der Waals surface area (Å²) >= 11 is 0. The number of piperidine rings is 1. The van der Waals surface area contributed by atoms with E-state index >= 15 is 0 Å². The Labute approximate surface area is 127 Å². The number of likely N-dealkylation sites (tertiary alicyclic amines) is 1. The summed E-state index contributed by atoms with van der Waals surface area (Å²) in [4.78, 5) is 2.42. The summed E-state index contributed by atoms with van der Waals surface area (Å²) in [5.74, 6) is 0.405. The predicted molar refractivity (Wildman–Crippen MR) is 84.1 cm³/mol. The molecule has 2 rings (SSSR count). The molecule has 1 aromatic rings. The van der Waals surface area contributed by atoms with Crippen LogP contribution in [0.15, 0.2) is 18.2 Å². The van der Waals surface area contributed by atoms with E-state index in [1.54, 1.807) is 7.11 Å². The normalized spacial score (nSPS) is 21.2. The van der Waals surface area contributed by atoms with Crippen LogP contribution < -0.4 is 10.1 Å². The highest BCUT2D eigenvalue weighted by atomic mass is 19.1. The summed E-state index contributed by atoms with van der Waals surface area (Å²) in [5, 5.41) is 3.51. The molecule has 3 nitrogen and oxygen atoms in total. The molecule has 2 unspecified atom stereocenters. The lowest BCUT2D eigenvalue weighted by Gasteiger charge is -2.39. The van der Waals surface area contributed by atoms with Gasteiger partial charge in [0.25, 0.3) is 0 Å². The quantitative estimate of drug-likeness (QED) is 0.872. The minimum Gasteiger partial charge on any atom is -0.497 e. The van der Waals surface area contributed by atoms with E-state index in [4.69, 9.17) is 4.74 Å². The van der Waals surface area contributed by atoms with Crippen LogP contribution in [0, 0.1) is 5.82 Å². The van der Waals surface area contributed by atoms with Gasteiger partial charge in [0.2, 0.25) is 0 Å². The average Bonchev–Trinajstić information content (AvgIpc) is 2.50. The molecule has 1 saturated heterocycles. The first-order valence-electron chi connectivity index (χ1n) is 7.95. The maximum Gasteiger partial charge on any atom is 0.131 e. The Bertz CT molecular complexity index is 452. The Kier molecular flexibility index (Phi) is 6.00. The van der Waals surface area contributed by atoms with Crippen LogP contribution in [-0.4, -0.2) is 37.2 Å². The smallest absolute Gasteiger partial charge is 0.131 e. The molecule has 0 bridgehead atoms. The van der Waals surface area contributed by atoms with E-state index in [0.717, 1.165) is 18.7 Å². The highest BCUT2D eigenvalue weighted by Gasteiger charge is 2.27. The predicted octanol–water partition coefficient (Wildman–Crippen LogP) is 3.19. The Morgan fingerprint density at radius 3 is 2.90 bits per heavy atom. The molecular formula is C17H27FN2O. The van der Waals surface area contributed by atoms with Crippen molar-refractivity contribution in [1.29, 1.82) is 0 Å². The van der Waals surface area contributed by atoms with Gasteiger partial charge in [0.05, 0.1) is 7.11 Å². The molecule has 1 aliphatic rings. The standard InChI is InChI=1S/C17H27FN2O/c1-4-19-13(2)17-7-5-6-10-20(17)12-14-8-9-15(21-3)11-16(14)18/h8-9,11,13,17,19H,4-7,10,12H2,1-3H3. The number of rotatable bonds is 6. The Hall–Kier alpha value is -1.13. The summed E-state index contributed by atoms with van der Waals surface area (Å²) in [7, 11) is 1.56. The molecule has 21 heavy (non-hydrogen) atoms. The second-order valence-electron chi connectivity index (χ2n) is 5.84. The largest absolute Gasteiger partial charge is 0.497 e. The summed E-state index contributed by atoms with van der Waals surface area (Å²) in [6.07, 6.45) is 3.65. The molecule has 0 aromatic heterocycles. The molecule has 4 heteroatoms. The van der Waals surface area contributed by atoms with Crippen molar-refractivity contribution in [3.63, 3.8) is 0 Å². The minimum absolute atomic E-state index is 0.172. The highest BCUT2D eigenvalue weighted by Crippen LogP contribution is 2.24. The lowest BCUT2D eigenvalue weighted by Crippen LogP contribution is -2.50. The monoisotopic (exact) mass is 294 g/mol.